The highest BCUT2D eigenvalue weighted by molar-refractivity contribution is 5.87. The number of carbonyl (C=O) groups is 1. The Bertz CT molecular complexity index is 341. The molecule has 0 aliphatic heterocycles. The SMILES string of the molecule is C=C(CC[C@H]1CC[C@@H]2C[C@H]1C2(C)C)C(=O)OCC. The van der Waals surface area contributed by atoms with Gasteiger partial charge in [-0.25, -0.2) is 4.79 Å². The lowest BCUT2D eigenvalue weighted by Crippen LogP contribution is -2.52. The summed E-state index contributed by atoms with van der Waals surface area (Å²) in [5, 5.41) is 0. The number of hydrogen-bond acceptors (Lipinski definition) is 2. The van der Waals surface area contributed by atoms with E-state index in [9.17, 15) is 4.79 Å². The minimum Gasteiger partial charge on any atom is -0.463 e. The van der Waals surface area contributed by atoms with Gasteiger partial charge in [0.15, 0.2) is 0 Å². The second-order valence-corrected chi connectivity index (χ2v) is 6.56. The molecule has 3 aliphatic rings. The lowest BCUT2D eigenvalue weighted by molar-refractivity contribution is -0.138. The van der Waals surface area contributed by atoms with Crippen molar-refractivity contribution in [2.24, 2.45) is 23.2 Å². The van der Waals surface area contributed by atoms with Crippen LogP contribution in [0.1, 0.15) is 52.9 Å². The summed E-state index contributed by atoms with van der Waals surface area (Å²) in [6.07, 6.45) is 6.04. The van der Waals surface area contributed by atoms with E-state index in [-0.39, 0.29) is 5.97 Å². The van der Waals surface area contributed by atoms with E-state index in [1.54, 1.807) is 0 Å². The molecule has 2 heteroatoms. The lowest BCUT2D eigenvalue weighted by atomic mass is 9.45. The van der Waals surface area contributed by atoms with E-state index in [2.05, 4.69) is 20.4 Å². The average Bonchev–Trinajstić information content (AvgIpc) is 2.36. The van der Waals surface area contributed by atoms with Crippen LogP contribution in [0.25, 0.3) is 0 Å². The van der Waals surface area contributed by atoms with Crippen molar-refractivity contribution in [2.45, 2.75) is 52.9 Å². The van der Waals surface area contributed by atoms with Crippen LogP contribution < -0.4 is 0 Å². The van der Waals surface area contributed by atoms with Crippen LogP contribution in [0.5, 0.6) is 0 Å². The molecular formula is C16H26O2. The van der Waals surface area contributed by atoms with Crippen molar-refractivity contribution in [3.05, 3.63) is 12.2 Å². The molecule has 3 atom stereocenters. The largest absolute Gasteiger partial charge is 0.463 e. The molecular weight excluding hydrogens is 224 g/mol. The Balaban J connectivity index is 1.80. The molecule has 3 rings (SSSR count). The van der Waals surface area contributed by atoms with E-state index < -0.39 is 0 Å². The molecule has 0 N–H and O–H groups in total. The first-order valence-corrected chi connectivity index (χ1v) is 7.31. The van der Waals surface area contributed by atoms with Gasteiger partial charge in [0.2, 0.25) is 0 Å². The fraction of sp³-hybridized carbons (Fsp3) is 0.812. The summed E-state index contributed by atoms with van der Waals surface area (Å²) in [6, 6.07) is 0. The van der Waals surface area contributed by atoms with E-state index >= 15 is 0 Å². The van der Waals surface area contributed by atoms with Crippen LogP contribution in [-0.2, 0) is 9.53 Å². The van der Waals surface area contributed by atoms with E-state index in [0.29, 0.717) is 17.6 Å². The molecule has 0 aromatic carbocycles. The first kappa shape index (κ1) is 13.6. The van der Waals surface area contributed by atoms with Crippen molar-refractivity contribution in [3.8, 4) is 0 Å². The van der Waals surface area contributed by atoms with E-state index in [1.165, 1.54) is 19.3 Å². The predicted octanol–water partition coefficient (Wildman–Crippen LogP) is 3.96. The zero-order valence-electron chi connectivity index (χ0n) is 12.0. The molecule has 0 spiro atoms. The monoisotopic (exact) mass is 250 g/mol. The van der Waals surface area contributed by atoms with Crippen LogP contribution in [0.4, 0.5) is 0 Å². The second-order valence-electron chi connectivity index (χ2n) is 6.56. The van der Waals surface area contributed by atoms with Crippen LogP contribution >= 0.6 is 0 Å². The van der Waals surface area contributed by atoms with E-state index in [0.717, 1.165) is 30.6 Å². The van der Waals surface area contributed by atoms with Gasteiger partial charge in [-0.1, -0.05) is 20.4 Å². The van der Waals surface area contributed by atoms with Crippen molar-refractivity contribution in [1.29, 1.82) is 0 Å². The number of carbonyl (C=O) groups excluding carboxylic acids is 1. The Kier molecular flexibility index (Phi) is 3.84. The average molecular weight is 250 g/mol. The molecule has 0 saturated heterocycles. The predicted molar refractivity (Wildman–Crippen MR) is 73.1 cm³/mol. The number of rotatable bonds is 5. The van der Waals surface area contributed by atoms with Crippen molar-refractivity contribution in [2.75, 3.05) is 6.61 Å². The summed E-state index contributed by atoms with van der Waals surface area (Å²) >= 11 is 0. The third-order valence-corrected chi connectivity index (χ3v) is 5.38. The number of ether oxygens (including phenoxy) is 1. The molecule has 0 radical (unpaired) electrons. The first-order chi connectivity index (χ1) is 8.46. The summed E-state index contributed by atoms with van der Waals surface area (Å²) in [5.74, 6) is 2.40. The molecule has 2 nitrogen and oxygen atoms in total. The van der Waals surface area contributed by atoms with E-state index in [1.807, 2.05) is 6.92 Å². The number of esters is 1. The number of fused-ring (bicyclic) bond motifs is 2. The highest BCUT2D eigenvalue weighted by atomic mass is 16.5. The van der Waals surface area contributed by atoms with Crippen molar-refractivity contribution < 1.29 is 9.53 Å². The summed E-state index contributed by atoms with van der Waals surface area (Å²) in [7, 11) is 0. The maximum absolute atomic E-state index is 11.5. The molecule has 0 aromatic heterocycles. The Hall–Kier alpha value is -0.790. The van der Waals surface area contributed by atoms with Crippen LogP contribution in [0.15, 0.2) is 12.2 Å². The maximum Gasteiger partial charge on any atom is 0.333 e. The standard InChI is InChI=1S/C16H26O2/c1-5-18-15(17)11(2)6-7-12-8-9-13-10-14(12)16(13,3)4/h12-14H,2,5-10H2,1,3-4H3/t12-,13+,14+/m0/s1. The summed E-state index contributed by atoms with van der Waals surface area (Å²) in [5.41, 5.74) is 1.19. The Morgan fingerprint density at radius 2 is 2.11 bits per heavy atom. The maximum atomic E-state index is 11.5. The van der Waals surface area contributed by atoms with Gasteiger partial charge in [-0.15, -0.1) is 0 Å². The smallest absolute Gasteiger partial charge is 0.333 e. The van der Waals surface area contributed by atoms with Gasteiger partial charge in [0.05, 0.1) is 6.61 Å². The fourth-order valence-electron chi connectivity index (χ4n) is 4.00. The van der Waals surface area contributed by atoms with E-state index in [4.69, 9.17) is 4.74 Å². The summed E-state index contributed by atoms with van der Waals surface area (Å²) < 4.78 is 4.98. The third kappa shape index (κ3) is 2.34. The zero-order chi connectivity index (χ0) is 13.3. The van der Waals surface area contributed by atoms with Crippen molar-refractivity contribution in [3.63, 3.8) is 0 Å². The van der Waals surface area contributed by atoms with Crippen LogP contribution in [0, 0.1) is 23.2 Å². The van der Waals surface area contributed by atoms with Gasteiger partial charge < -0.3 is 4.74 Å². The normalized spacial score (nSPS) is 32.5. The van der Waals surface area contributed by atoms with Crippen molar-refractivity contribution in [1.82, 2.24) is 0 Å². The van der Waals surface area contributed by atoms with Gasteiger partial charge in [0.1, 0.15) is 0 Å². The Labute approximate surface area is 111 Å². The molecule has 0 heterocycles. The molecule has 102 valence electrons. The quantitative estimate of drug-likeness (QED) is 0.545. The molecule has 3 fully saturated rings. The highest BCUT2D eigenvalue weighted by Gasteiger charge is 2.53. The topological polar surface area (TPSA) is 26.3 Å². The van der Waals surface area contributed by atoms with Crippen LogP contribution in [0.2, 0.25) is 0 Å². The van der Waals surface area contributed by atoms with Gasteiger partial charge in [-0.2, -0.15) is 0 Å². The molecule has 18 heavy (non-hydrogen) atoms. The second kappa shape index (κ2) is 5.07. The van der Waals surface area contributed by atoms with Gasteiger partial charge in [-0.3, -0.25) is 0 Å². The van der Waals surface area contributed by atoms with Gasteiger partial charge >= 0.3 is 5.97 Å². The molecule has 2 bridgehead atoms. The number of hydrogen-bond donors (Lipinski definition) is 0. The Morgan fingerprint density at radius 3 is 2.67 bits per heavy atom. The van der Waals surface area contributed by atoms with Crippen LogP contribution in [-0.4, -0.2) is 12.6 Å². The lowest BCUT2D eigenvalue weighted by Gasteiger charge is -2.60. The van der Waals surface area contributed by atoms with Crippen LogP contribution in [0.3, 0.4) is 0 Å². The third-order valence-electron chi connectivity index (χ3n) is 5.38. The first-order valence-electron chi connectivity index (χ1n) is 7.31. The molecule has 3 aliphatic carbocycles. The highest BCUT2D eigenvalue weighted by Crippen LogP contribution is 2.62. The minimum atomic E-state index is -0.209. The Morgan fingerprint density at radius 1 is 1.39 bits per heavy atom. The van der Waals surface area contributed by atoms with Gasteiger partial charge in [-0.05, 0) is 62.2 Å². The molecule has 3 saturated carbocycles. The molecule has 0 aromatic rings. The van der Waals surface area contributed by atoms with Gasteiger partial charge in [0, 0.05) is 5.57 Å². The zero-order valence-corrected chi connectivity index (χ0v) is 12.0. The van der Waals surface area contributed by atoms with Gasteiger partial charge in [0.25, 0.3) is 0 Å². The summed E-state index contributed by atoms with van der Waals surface area (Å²) in [6.45, 7) is 11.0. The molecule has 0 unspecified atom stereocenters. The molecule has 0 amide bonds. The fourth-order valence-corrected chi connectivity index (χ4v) is 4.00. The van der Waals surface area contributed by atoms with Crippen molar-refractivity contribution >= 4 is 5.97 Å². The minimum absolute atomic E-state index is 0.209. The summed E-state index contributed by atoms with van der Waals surface area (Å²) in [4.78, 5) is 11.5.